The Balaban J connectivity index is 2.12. The minimum Gasteiger partial charge on any atom is -0.491 e. The van der Waals surface area contributed by atoms with Gasteiger partial charge >= 0.3 is 0 Å². The number of fused-ring (bicyclic) bond motifs is 1. The zero-order valence-corrected chi connectivity index (χ0v) is 11.2. The van der Waals surface area contributed by atoms with Gasteiger partial charge in [0.1, 0.15) is 12.1 Å². The molecule has 6 nitrogen and oxygen atoms in total. The first-order chi connectivity index (χ1) is 9.81. The molecule has 0 unspecified atom stereocenters. The molecule has 1 aromatic heterocycles. The van der Waals surface area contributed by atoms with Crippen molar-refractivity contribution in [3.05, 3.63) is 30.6 Å². The highest BCUT2D eigenvalue weighted by Gasteiger charge is 2.23. The van der Waals surface area contributed by atoms with Crippen molar-refractivity contribution >= 4 is 17.3 Å². The van der Waals surface area contributed by atoms with Gasteiger partial charge in [-0.3, -0.25) is 0 Å². The van der Waals surface area contributed by atoms with E-state index in [4.69, 9.17) is 15.2 Å². The smallest absolute Gasteiger partial charge is 0.204 e. The van der Waals surface area contributed by atoms with Crippen LogP contribution in [0.25, 0.3) is 0 Å². The molecule has 0 aliphatic carbocycles. The van der Waals surface area contributed by atoms with Crippen LogP contribution in [0.5, 0.6) is 11.5 Å². The number of anilines is 3. The number of methoxy groups -OCH3 is 1. The van der Waals surface area contributed by atoms with Crippen molar-refractivity contribution in [2.45, 2.75) is 6.42 Å². The number of ether oxygens (including phenoxy) is 2. The largest absolute Gasteiger partial charge is 0.491 e. The van der Waals surface area contributed by atoms with Crippen LogP contribution in [0.3, 0.4) is 0 Å². The van der Waals surface area contributed by atoms with Gasteiger partial charge in [0.05, 0.1) is 19.4 Å². The summed E-state index contributed by atoms with van der Waals surface area (Å²) in [6.07, 6.45) is 2.34. The molecular weight excluding hydrogens is 256 g/mol. The van der Waals surface area contributed by atoms with Gasteiger partial charge in [0.2, 0.25) is 5.75 Å². The van der Waals surface area contributed by atoms with E-state index in [0.29, 0.717) is 24.0 Å². The summed E-state index contributed by atoms with van der Waals surface area (Å²) in [6.45, 7) is 1.46. The Morgan fingerprint density at radius 1 is 1.30 bits per heavy atom. The van der Waals surface area contributed by atoms with Crippen LogP contribution < -0.4 is 20.1 Å². The summed E-state index contributed by atoms with van der Waals surface area (Å²) < 4.78 is 11.1. The molecule has 0 radical (unpaired) electrons. The molecule has 2 N–H and O–H groups in total. The first-order valence-electron chi connectivity index (χ1n) is 6.45. The molecular formula is C14H16N4O2. The van der Waals surface area contributed by atoms with Gasteiger partial charge < -0.3 is 20.1 Å². The topological polar surface area (TPSA) is 73.5 Å². The van der Waals surface area contributed by atoms with Crippen molar-refractivity contribution in [1.82, 2.24) is 9.97 Å². The maximum Gasteiger partial charge on any atom is 0.204 e. The van der Waals surface area contributed by atoms with Crippen LogP contribution in [0.4, 0.5) is 17.3 Å². The van der Waals surface area contributed by atoms with Crippen LogP contribution in [0.1, 0.15) is 6.42 Å². The van der Waals surface area contributed by atoms with E-state index in [9.17, 15) is 0 Å². The maximum atomic E-state index is 5.86. The van der Waals surface area contributed by atoms with Crippen molar-refractivity contribution < 1.29 is 9.47 Å². The summed E-state index contributed by atoms with van der Waals surface area (Å²) >= 11 is 0. The number of benzene rings is 1. The molecule has 104 valence electrons. The fourth-order valence-corrected chi connectivity index (χ4v) is 2.31. The second-order valence-corrected chi connectivity index (χ2v) is 4.44. The Labute approximate surface area is 117 Å². The van der Waals surface area contributed by atoms with Gasteiger partial charge in [0.15, 0.2) is 11.6 Å². The zero-order valence-electron chi connectivity index (χ0n) is 11.2. The molecule has 0 saturated carbocycles. The lowest BCUT2D eigenvalue weighted by atomic mass is 10.2. The highest BCUT2D eigenvalue weighted by molar-refractivity contribution is 5.74. The number of nitrogens with two attached hydrogens (primary N) is 1. The summed E-state index contributed by atoms with van der Waals surface area (Å²) in [6, 6.07) is 7.87. The molecule has 2 heterocycles. The lowest BCUT2D eigenvalue weighted by Crippen LogP contribution is -2.20. The van der Waals surface area contributed by atoms with E-state index in [-0.39, 0.29) is 0 Å². The number of para-hydroxylation sites is 2. The highest BCUT2D eigenvalue weighted by Crippen LogP contribution is 2.39. The third kappa shape index (κ3) is 2.09. The molecule has 0 bridgehead atoms. The summed E-state index contributed by atoms with van der Waals surface area (Å²) in [5.74, 6) is 2.33. The monoisotopic (exact) mass is 272 g/mol. The summed E-state index contributed by atoms with van der Waals surface area (Å²) in [5.41, 5.74) is 6.82. The van der Waals surface area contributed by atoms with Gasteiger partial charge in [0.25, 0.3) is 0 Å². The van der Waals surface area contributed by atoms with E-state index in [1.165, 1.54) is 6.33 Å². The van der Waals surface area contributed by atoms with E-state index >= 15 is 0 Å². The number of rotatable bonds is 2. The number of nitrogens with zero attached hydrogens (tertiary/aromatic N) is 3. The standard InChI is InChI=1S/C14H16N4O2/c1-19-12-13(15)16-9-17-14(12)18-7-4-8-20-11-6-3-2-5-10(11)18/h2-3,5-6,9H,4,7-8H2,1H3,(H2,15,16,17). The van der Waals surface area contributed by atoms with Crippen molar-refractivity contribution in [2.75, 3.05) is 30.9 Å². The van der Waals surface area contributed by atoms with Crippen LogP contribution in [-0.2, 0) is 0 Å². The molecule has 1 aliphatic rings. The van der Waals surface area contributed by atoms with Gasteiger partial charge in [0, 0.05) is 6.54 Å². The minimum absolute atomic E-state index is 0.333. The average Bonchev–Trinajstić information content (AvgIpc) is 2.69. The van der Waals surface area contributed by atoms with Crippen molar-refractivity contribution in [3.63, 3.8) is 0 Å². The second-order valence-electron chi connectivity index (χ2n) is 4.44. The lowest BCUT2D eigenvalue weighted by Gasteiger charge is -2.24. The van der Waals surface area contributed by atoms with Crippen LogP contribution in [0.2, 0.25) is 0 Å². The summed E-state index contributed by atoms with van der Waals surface area (Å²) in [4.78, 5) is 10.4. The molecule has 0 amide bonds. The van der Waals surface area contributed by atoms with Crippen LogP contribution in [0, 0.1) is 0 Å². The maximum absolute atomic E-state index is 5.86. The van der Waals surface area contributed by atoms with Gasteiger partial charge in [-0.05, 0) is 18.6 Å². The predicted octanol–water partition coefficient (Wildman–Crippen LogP) is 1.99. The average molecular weight is 272 g/mol. The van der Waals surface area contributed by atoms with E-state index < -0.39 is 0 Å². The van der Waals surface area contributed by atoms with Gasteiger partial charge in [-0.15, -0.1) is 0 Å². The SMILES string of the molecule is COc1c(N)ncnc1N1CCCOc2ccccc21. The number of hydrogen-bond acceptors (Lipinski definition) is 6. The summed E-state index contributed by atoms with van der Waals surface area (Å²) in [5, 5.41) is 0. The van der Waals surface area contributed by atoms with Crippen molar-refractivity contribution in [3.8, 4) is 11.5 Å². The fraction of sp³-hybridized carbons (Fsp3) is 0.286. The van der Waals surface area contributed by atoms with E-state index in [1.807, 2.05) is 24.3 Å². The van der Waals surface area contributed by atoms with Gasteiger partial charge in [-0.25, -0.2) is 9.97 Å². The van der Waals surface area contributed by atoms with Crippen LogP contribution in [-0.4, -0.2) is 30.2 Å². The highest BCUT2D eigenvalue weighted by atomic mass is 16.5. The summed E-state index contributed by atoms with van der Waals surface area (Å²) in [7, 11) is 1.57. The first kappa shape index (κ1) is 12.5. The van der Waals surface area contributed by atoms with E-state index in [0.717, 1.165) is 24.4 Å². The lowest BCUT2D eigenvalue weighted by molar-refractivity contribution is 0.322. The minimum atomic E-state index is 0.333. The van der Waals surface area contributed by atoms with E-state index in [2.05, 4.69) is 14.9 Å². The molecule has 1 aliphatic heterocycles. The molecule has 0 saturated heterocycles. The Bertz CT molecular complexity index is 618. The molecule has 1 aromatic carbocycles. The quantitative estimate of drug-likeness (QED) is 0.901. The fourth-order valence-electron chi connectivity index (χ4n) is 2.31. The Morgan fingerprint density at radius 2 is 2.15 bits per heavy atom. The van der Waals surface area contributed by atoms with Crippen LogP contribution in [0.15, 0.2) is 30.6 Å². The first-order valence-corrected chi connectivity index (χ1v) is 6.45. The Hall–Kier alpha value is -2.50. The third-order valence-electron chi connectivity index (χ3n) is 3.21. The number of nitrogen functional groups attached to an aromatic ring is 1. The molecule has 6 heteroatoms. The Morgan fingerprint density at radius 3 is 3.00 bits per heavy atom. The molecule has 0 atom stereocenters. The Kier molecular flexibility index (Phi) is 3.28. The van der Waals surface area contributed by atoms with Crippen molar-refractivity contribution in [2.24, 2.45) is 0 Å². The molecule has 3 rings (SSSR count). The third-order valence-corrected chi connectivity index (χ3v) is 3.21. The number of hydrogen-bond donors (Lipinski definition) is 1. The van der Waals surface area contributed by atoms with E-state index in [1.54, 1.807) is 7.11 Å². The molecule has 2 aromatic rings. The van der Waals surface area contributed by atoms with Crippen LogP contribution >= 0.6 is 0 Å². The molecule has 20 heavy (non-hydrogen) atoms. The van der Waals surface area contributed by atoms with Crippen molar-refractivity contribution in [1.29, 1.82) is 0 Å². The normalized spacial score (nSPS) is 14.2. The van der Waals surface area contributed by atoms with Gasteiger partial charge in [-0.1, -0.05) is 12.1 Å². The van der Waals surface area contributed by atoms with Gasteiger partial charge in [-0.2, -0.15) is 0 Å². The zero-order chi connectivity index (χ0) is 13.9. The number of aromatic nitrogens is 2. The second kappa shape index (κ2) is 5.24. The molecule has 0 fully saturated rings. The molecule has 0 spiro atoms. The predicted molar refractivity (Wildman–Crippen MR) is 76.6 cm³/mol.